The first kappa shape index (κ1) is 11.5. The number of hydrogen-bond donors (Lipinski definition) is 0. The highest BCUT2D eigenvalue weighted by Crippen LogP contribution is 2.04. The number of aryl methyl sites for hydroxylation is 1. The van der Waals surface area contributed by atoms with E-state index in [2.05, 4.69) is 28.8 Å². The standard InChI is InChI=1S/C9H17ClN4/c1-8(2)14(5-4-10)6-9-11-7-12-13(9)3/h7-8H,4-6H2,1-3H3. The van der Waals surface area contributed by atoms with Crippen LogP contribution in [0, 0.1) is 0 Å². The highest BCUT2D eigenvalue weighted by molar-refractivity contribution is 6.18. The first-order valence-corrected chi connectivity index (χ1v) is 5.31. The second-order valence-electron chi connectivity index (χ2n) is 3.55. The van der Waals surface area contributed by atoms with Crippen LogP contribution in [0.2, 0.25) is 0 Å². The molecule has 0 aromatic carbocycles. The molecule has 0 aliphatic carbocycles. The van der Waals surface area contributed by atoms with Gasteiger partial charge in [-0.05, 0) is 13.8 Å². The van der Waals surface area contributed by atoms with Crippen LogP contribution in [0.15, 0.2) is 6.33 Å². The predicted octanol–water partition coefficient (Wildman–Crippen LogP) is 1.26. The smallest absolute Gasteiger partial charge is 0.140 e. The topological polar surface area (TPSA) is 34.0 Å². The van der Waals surface area contributed by atoms with Gasteiger partial charge in [-0.1, -0.05) is 0 Å². The molecule has 0 saturated heterocycles. The minimum Gasteiger partial charge on any atom is -0.292 e. The Morgan fingerprint density at radius 3 is 2.71 bits per heavy atom. The van der Waals surface area contributed by atoms with Crippen LogP contribution in [0.1, 0.15) is 19.7 Å². The summed E-state index contributed by atoms with van der Waals surface area (Å²) < 4.78 is 1.80. The Hall–Kier alpha value is -0.610. The van der Waals surface area contributed by atoms with Crippen LogP contribution in [-0.4, -0.2) is 38.1 Å². The summed E-state index contributed by atoms with van der Waals surface area (Å²) in [5, 5.41) is 4.04. The molecule has 0 aliphatic rings. The van der Waals surface area contributed by atoms with Crippen molar-refractivity contribution in [2.75, 3.05) is 12.4 Å². The van der Waals surface area contributed by atoms with Gasteiger partial charge in [-0.15, -0.1) is 11.6 Å². The first-order valence-electron chi connectivity index (χ1n) is 4.78. The maximum atomic E-state index is 5.74. The minimum atomic E-state index is 0.477. The van der Waals surface area contributed by atoms with Crippen molar-refractivity contribution < 1.29 is 0 Å². The normalized spacial score (nSPS) is 11.6. The summed E-state index contributed by atoms with van der Waals surface area (Å²) in [6, 6.07) is 0.477. The summed E-state index contributed by atoms with van der Waals surface area (Å²) >= 11 is 5.74. The number of aromatic nitrogens is 3. The van der Waals surface area contributed by atoms with E-state index in [9.17, 15) is 0 Å². The van der Waals surface area contributed by atoms with Gasteiger partial charge in [0.25, 0.3) is 0 Å². The average Bonchev–Trinajstić information content (AvgIpc) is 2.51. The molecular weight excluding hydrogens is 200 g/mol. The maximum Gasteiger partial charge on any atom is 0.140 e. The highest BCUT2D eigenvalue weighted by Gasteiger charge is 2.11. The Morgan fingerprint density at radius 1 is 1.57 bits per heavy atom. The van der Waals surface area contributed by atoms with E-state index >= 15 is 0 Å². The van der Waals surface area contributed by atoms with Gasteiger partial charge in [0.1, 0.15) is 12.2 Å². The number of rotatable bonds is 5. The molecule has 14 heavy (non-hydrogen) atoms. The van der Waals surface area contributed by atoms with Gasteiger partial charge < -0.3 is 0 Å². The Labute approximate surface area is 89.9 Å². The van der Waals surface area contributed by atoms with E-state index in [4.69, 9.17) is 11.6 Å². The number of hydrogen-bond acceptors (Lipinski definition) is 3. The molecule has 1 aromatic heterocycles. The quantitative estimate of drug-likeness (QED) is 0.696. The third-order valence-electron chi connectivity index (χ3n) is 2.25. The Balaban J connectivity index is 2.60. The summed E-state index contributed by atoms with van der Waals surface area (Å²) in [7, 11) is 1.90. The molecule has 1 heterocycles. The van der Waals surface area contributed by atoms with Crippen molar-refractivity contribution in [2.45, 2.75) is 26.4 Å². The van der Waals surface area contributed by atoms with Crippen LogP contribution in [0.25, 0.3) is 0 Å². The van der Waals surface area contributed by atoms with Crippen LogP contribution < -0.4 is 0 Å². The van der Waals surface area contributed by atoms with Crippen molar-refractivity contribution >= 4 is 11.6 Å². The van der Waals surface area contributed by atoms with Gasteiger partial charge >= 0.3 is 0 Å². The van der Waals surface area contributed by atoms with E-state index in [1.54, 1.807) is 11.0 Å². The summed E-state index contributed by atoms with van der Waals surface area (Å²) in [4.78, 5) is 6.46. The average molecular weight is 217 g/mol. The molecule has 0 radical (unpaired) electrons. The fourth-order valence-corrected chi connectivity index (χ4v) is 1.49. The molecule has 0 N–H and O–H groups in total. The molecular formula is C9H17ClN4. The molecule has 0 atom stereocenters. The van der Waals surface area contributed by atoms with Crippen LogP contribution >= 0.6 is 11.6 Å². The Kier molecular flexibility index (Phi) is 4.35. The predicted molar refractivity (Wildman–Crippen MR) is 57.3 cm³/mol. The zero-order valence-corrected chi connectivity index (χ0v) is 9.70. The Morgan fingerprint density at radius 2 is 2.29 bits per heavy atom. The van der Waals surface area contributed by atoms with E-state index in [1.165, 1.54) is 0 Å². The van der Waals surface area contributed by atoms with Crippen molar-refractivity contribution in [3.8, 4) is 0 Å². The molecule has 0 bridgehead atoms. The van der Waals surface area contributed by atoms with Crippen molar-refractivity contribution in [2.24, 2.45) is 7.05 Å². The maximum absolute atomic E-state index is 5.74. The molecule has 1 rings (SSSR count). The fourth-order valence-electron chi connectivity index (χ4n) is 1.27. The molecule has 0 spiro atoms. The zero-order valence-electron chi connectivity index (χ0n) is 8.94. The monoisotopic (exact) mass is 216 g/mol. The second kappa shape index (κ2) is 5.32. The lowest BCUT2D eigenvalue weighted by Gasteiger charge is -2.24. The molecule has 0 unspecified atom stereocenters. The van der Waals surface area contributed by atoms with Gasteiger partial charge in [0, 0.05) is 25.5 Å². The molecule has 80 valence electrons. The summed E-state index contributed by atoms with van der Waals surface area (Å²) in [5.74, 6) is 1.62. The van der Waals surface area contributed by atoms with E-state index in [0.717, 1.165) is 18.9 Å². The van der Waals surface area contributed by atoms with Gasteiger partial charge in [-0.2, -0.15) is 5.10 Å². The summed E-state index contributed by atoms with van der Waals surface area (Å²) in [6.07, 6.45) is 1.58. The molecule has 0 aliphatic heterocycles. The van der Waals surface area contributed by atoms with Crippen molar-refractivity contribution in [1.29, 1.82) is 0 Å². The van der Waals surface area contributed by atoms with Gasteiger partial charge in [0.2, 0.25) is 0 Å². The molecule has 0 amide bonds. The molecule has 1 aromatic rings. The lowest BCUT2D eigenvalue weighted by molar-refractivity contribution is 0.218. The van der Waals surface area contributed by atoms with Gasteiger partial charge in [-0.25, -0.2) is 4.98 Å². The third kappa shape index (κ3) is 2.96. The molecule has 4 nitrogen and oxygen atoms in total. The number of nitrogens with zero attached hydrogens (tertiary/aromatic N) is 4. The second-order valence-corrected chi connectivity index (χ2v) is 3.93. The van der Waals surface area contributed by atoms with E-state index in [1.807, 2.05) is 7.05 Å². The van der Waals surface area contributed by atoms with Gasteiger partial charge in [-0.3, -0.25) is 9.58 Å². The van der Waals surface area contributed by atoms with E-state index in [-0.39, 0.29) is 0 Å². The zero-order chi connectivity index (χ0) is 10.6. The lowest BCUT2D eigenvalue weighted by Crippen LogP contribution is -2.33. The first-order chi connectivity index (χ1) is 6.65. The molecule has 0 fully saturated rings. The fraction of sp³-hybridized carbons (Fsp3) is 0.778. The number of halogens is 1. The third-order valence-corrected chi connectivity index (χ3v) is 2.42. The largest absolute Gasteiger partial charge is 0.292 e. The van der Waals surface area contributed by atoms with Crippen LogP contribution in [-0.2, 0) is 13.6 Å². The van der Waals surface area contributed by atoms with Crippen molar-refractivity contribution in [1.82, 2.24) is 19.7 Å². The van der Waals surface area contributed by atoms with Crippen LogP contribution in [0.5, 0.6) is 0 Å². The Bertz CT molecular complexity index is 272. The molecule has 0 saturated carbocycles. The van der Waals surface area contributed by atoms with Crippen molar-refractivity contribution in [3.63, 3.8) is 0 Å². The SMILES string of the molecule is CC(C)N(CCCl)Cc1ncnn1C. The lowest BCUT2D eigenvalue weighted by atomic mass is 10.3. The minimum absolute atomic E-state index is 0.477. The van der Waals surface area contributed by atoms with E-state index < -0.39 is 0 Å². The van der Waals surface area contributed by atoms with E-state index in [0.29, 0.717) is 11.9 Å². The van der Waals surface area contributed by atoms with Crippen LogP contribution in [0.4, 0.5) is 0 Å². The number of alkyl halides is 1. The van der Waals surface area contributed by atoms with Gasteiger partial charge in [0.15, 0.2) is 0 Å². The summed E-state index contributed by atoms with van der Waals surface area (Å²) in [5.41, 5.74) is 0. The summed E-state index contributed by atoms with van der Waals surface area (Å²) in [6.45, 7) is 6.00. The molecule has 5 heteroatoms. The van der Waals surface area contributed by atoms with Gasteiger partial charge in [0.05, 0.1) is 6.54 Å². The highest BCUT2D eigenvalue weighted by atomic mass is 35.5. The van der Waals surface area contributed by atoms with Crippen molar-refractivity contribution in [3.05, 3.63) is 12.2 Å². The van der Waals surface area contributed by atoms with Crippen LogP contribution in [0.3, 0.4) is 0 Å².